The molecule has 4 rings (SSSR count). The van der Waals surface area contributed by atoms with E-state index in [1.165, 1.54) is 0 Å². The maximum Gasteiger partial charge on any atom is 0.290 e. The number of benzene rings is 2. The van der Waals surface area contributed by atoms with Crippen LogP contribution < -0.4 is 14.9 Å². The summed E-state index contributed by atoms with van der Waals surface area (Å²) in [4.78, 5) is 30.9. The minimum atomic E-state index is -0.556. The Labute approximate surface area is 206 Å². The lowest BCUT2D eigenvalue weighted by Gasteiger charge is -2.26. The van der Waals surface area contributed by atoms with Gasteiger partial charge in [0.15, 0.2) is 16.9 Å². The highest BCUT2D eigenvalue weighted by Crippen LogP contribution is 2.41. The first-order valence-corrected chi connectivity index (χ1v) is 12.1. The minimum absolute atomic E-state index is 0.125. The maximum absolute atomic E-state index is 13.6. The molecule has 0 bridgehead atoms. The number of hydrogen-bond donors (Lipinski definition) is 0. The predicted octanol–water partition coefficient (Wildman–Crippen LogP) is 4.72. The summed E-state index contributed by atoms with van der Waals surface area (Å²) in [5.74, 6) is 1.62. The summed E-state index contributed by atoms with van der Waals surface area (Å²) >= 11 is 0. The van der Waals surface area contributed by atoms with Gasteiger partial charge in [-0.1, -0.05) is 32.0 Å². The molecular weight excluding hydrogens is 444 g/mol. The van der Waals surface area contributed by atoms with Crippen molar-refractivity contribution in [2.24, 2.45) is 5.92 Å². The van der Waals surface area contributed by atoms with Gasteiger partial charge in [0, 0.05) is 6.54 Å². The van der Waals surface area contributed by atoms with Crippen LogP contribution in [-0.2, 0) is 0 Å². The van der Waals surface area contributed by atoms with Crippen LogP contribution in [0.25, 0.3) is 11.0 Å². The Morgan fingerprint density at radius 1 is 1.09 bits per heavy atom. The molecule has 0 radical (unpaired) electrons. The Morgan fingerprint density at radius 2 is 1.86 bits per heavy atom. The third kappa shape index (κ3) is 5.05. The molecule has 1 unspecified atom stereocenters. The van der Waals surface area contributed by atoms with E-state index in [9.17, 15) is 9.59 Å². The van der Waals surface area contributed by atoms with Gasteiger partial charge < -0.3 is 23.7 Å². The number of para-hydroxylation sites is 1. The van der Waals surface area contributed by atoms with Gasteiger partial charge in [0.25, 0.3) is 5.91 Å². The van der Waals surface area contributed by atoms with Gasteiger partial charge in [-0.2, -0.15) is 0 Å². The van der Waals surface area contributed by atoms with Crippen LogP contribution in [0.1, 0.15) is 54.4 Å². The van der Waals surface area contributed by atoms with Gasteiger partial charge in [0.1, 0.15) is 5.58 Å². The summed E-state index contributed by atoms with van der Waals surface area (Å²) < 4.78 is 17.6. The van der Waals surface area contributed by atoms with Crippen molar-refractivity contribution in [1.29, 1.82) is 0 Å². The van der Waals surface area contributed by atoms with E-state index in [0.29, 0.717) is 47.1 Å². The number of carbonyl (C=O) groups is 1. The van der Waals surface area contributed by atoms with Crippen LogP contribution in [0, 0.1) is 5.92 Å². The van der Waals surface area contributed by atoms with E-state index in [2.05, 4.69) is 18.7 Å². The van der Waals surface area contributed by atoms with Crippen molar-refractivity contribution >= 4 is 16.9 Å². The lowest BCUT2D eigenvalue weighted by molar-refractivity contribution is 0.0722. The largest absolute Gasteiger partial charge is 0.493 e. The first-order valence-electron chi connectivity index (χ1n) is 12.1. The van der Waals surface area contributed by atoms with Crippen LogP contribution in [-0.4, -0.2) is 56.6 Å². The van der Waals surface area contributed by atoms with Crippen LogP contribution >= 0.6 is 0 Å². The summed E-state index contributed by atoms with van der Waals surface area (Å²) in [6.45, 7) is 6.21. The van der Waals surface area contributed by atoms with Gasteiger partial charge in [-0.3, -0.25) is 9.59 Å². The fourth-order valence-electron chi connectivity index (χ4n) is 4.48. The Bertz CT molecular complexity index is 1260. The van der Waals surface area contributed by atoms with Crippen molar-refractivity contribution in [1.82, 2.24) is 9.80 Å². The van der Waals surface area contributed by atoms with Gasteiger partial charge in [0.2, 0.25) is 5.76 Å². The number of fused-ring (bicyclic) bond motifs is 2. The summed E-state index contributed by atoms with van der Waals surface area (Å²) in [5, 5.41) is 0.472. The Morgan fingerprint density at radius 3 is 2.57 bits per heavy atom. The molecule has 1 atom stereocenters. The highest BCUT2D eigenvalue weighted by molar-refractivity contribution is 5.99. The lowest BCUT2D eigenvalue weighted by atomic mass is 9.98. The van der Waals surface area contributed by atoms with E-state index in [0.717, 1.165) is 24.9 Å². The first-order chi connectivity index (χ1) is 16.8. The molecule has 2 aromatic carbocycles. The summed E-state index contributed by atoms with van der Waals surface area (Å²) in [6.07, 6.45) is 1.70. The van der Waals surface area contributed by atoms with Crippen LogP contribution in [0.3, 0.4) is 0 Å². The van der Waals surface area contributed by atoms with Crippen molar-refractivity contribution in [3.05, 3.63) is 69.6 Å². The molecular formula is C28H34N2O5. The average molecular weight is 479 g/mol. The Kier molecular flexibility index (Phi) is 7.45. The zero-order valence-corrected chi connectivity index (χ0v) is 21.2. The molecule has 35 heavy (non-hydrogen) atoms. The summed E-state index contributed by atoms with van der Waals surface area (Å²) in [7, 11) is 5.59. The molecule has 1 aromatic heterocycles. The quantitative estimate of drug-likeness (QED) is 0.420. The first kappa shape index (κ1) is 24.8. The highest BCUT2D eigenvalue weighted by atomic mass is 16.5. The number of hydrogen-bond acceptors (Lipinski definition) is 6. The number of amides is 1. The molecule has 0 saturated heterocycles. The maximum atomic E-state index is 13.6. The number of ether oxygens (including phenoxy) is 2. The number of rotatable bonds is 10. The molecule has 1 aliphatic rings. The molecule has 2 heterocycles. The Balaban J connectivity index is 1.78. The summed E-state index contributed by atoms with van der Waals surface area (Å²) in [6, 6.07) is 12.1. The molecule has 186 valence electrons. The van der Waals surface area contributed by atoms with Gasteiger partial charge >= 0.3 is 0 Å². The normalized spacial score (nSPS) is 15.3. The predicted molar refractivity (Wildman–Crippen MR) is 136 cm³/mol. The third-order valence-corrected chi connectivity index (χ3v) is 6.33. The van der Waals surface area contributed by atoms with Gasteiger partial charge in [-0.15, -0.1) is 0 Å². The molecule has 0 aliphatic carbocycles. The molecule has 0 N–H and O–H groups in total. The molecule has 3 aromatic rings. The van der Waals surface area contributed by atoms with Crippen molar-refractivity contribution in [2.75, 3.05) is 40.9 Å². The van der Waals surface area contributed by atoms with Crippen LogP contribution in [0.2, 0.25) is 0 Å². The molecule has 0 fully saturated rings. The topological polar surface area (TPSA) is 72.2 Å². The van der Waals surface area contributed by atoms with Crippen molar-refractivity contribution in [3.63, 3.8) is 0 Å². The van der Waals surface area contributed by atoms with Crippen LogP contribution in [0.4, 0.5) is 0 Å². The van der Waals surface area contributed by atoms with Crippen LogP contribution in [0.5, 0.6) is 11.5 Å². The van der Waals surface area contributed by atoms with E-state index in [1.807, 2.05) is 32.3 Å². The van der Waals surface area contributed by atoms with Crippen molar-refractivity contribution in [3.8, 4) is 11.5 Å². The third-order valence-electron chi connectivity index (χ3n) is 6.33. The van der Waals surface area contributed by atoms with E-state index >= 15 is 0 Å². The van der Waals surface area contributed by atoms with Gasteiger partial charge in [0.05, 0.1) is 30.7 Å². The zero-order valence-electron chi connectivity index (χ0n) is 21.2. The molecule has 1 aliphatic heterocycles. The van der Waals surface area contributed by atoms with Crippen LogP contribution in [0.15, 0.2) is 51.7 Å². The average Bonchev–Trinajstić information content (AvgIpc) is 3.11. The van der Waals surface area contributed by atoms with Gasteiger partial charge in [-0.05, 0) is 69.2 Å². The lowest BCUT2D eigenvalue weighted by Crippen LogP contribution is -2.32. The van der Waals surface area contributed by atoms with E-state index < -0.39 is 6.04 Å². The SMILES string of the molecule is COc1cc(C2c3c(oc4ccccc4c3=O)C(=O)N2CCCN(C)C)ccc1OCCC(C)C. The second-order valence-corrected chi connectivity index (χ2v) is 9.67. The van der Waals surface area contributed by atoms with E-state index in [-0.39, 0.29) is 17.1 Å². The fourth-order valence-corrected chi connectivity index (χ4v) is 4.48. The van der Waals surface area contributed by atoms with Crippen molar-refractivity contribution in [2.45, 2.75) is 32.7 Å². The summed E-state index contributed by atoms with van der Waals surface area (Å²) in [5.41, 5.74) is 1.42. The van der Waals surface area contributed by atoms with E-state index in [4.69, 9.17) is 13.9 Å². The second-order valence-electron chi connectivity index (χ2n) is 9.67. The standard InChI is InChI=1S/C28H34N2O5/c1-18(2)13-16-34-22-12-11-19(17-23(22)33-5)25-24-26(31)20-9-6-7-10-21(20)35-27(24)28(32)30(25)15-8-14-29(3)4/h6-7,9-12,17-18,25H,8,13-16H2,1-5H3. The molecule has 0 saturated carbocycles. The number of methoxy groups -OCH3 is 1. The highest BCUT2D eigenvalue weighted by Gasteiger charge is 2.42. The molecule has 7 nitrogen and oxygen atoms in total. The van der Waals surface area contributed by atoms with Gasteiger partial charge in [-0.25, -0.2) is 0 Å². The number of nitrogens with zero attached hydrogens (tertiary/aromatic N) is 2. The molecule has 7 heteroatoms. The number of carbonyl (C=O) groups excluding carboxylic acids is 1. The monoisotopic (exact) mass is 478 g/mol. The zero-order chi connectivity index (χ0) is 25.1. The molecule has 1 amide bonds. The smallest absolute Gasteiger partial charge is 0.290 e. The van der Waals surface area contributed by atoms with Crippen molar-refractivity contribution < 1.29 is 18.7 Å². The fraction of sp³-hybridized carbons (Fsp3) is 0.429. The minimum Gasteiger partial charge on any atom is -0.493 e. The second kappa shape index (κ2) is 10.5. The van der Waals surface area contributed by atoms with E-state index in [1.54, 1.807) is 36.3 Å². The molecule has 0 spiro atoms. The Hall–Kier alpha value is -3.32.